The summed E-state index contributed by atoms with van der Waals surface area (Å²) in [4.78, 5) is 29.2. The van der Waals surface area contributed by atoms with Crippen LogP contribution in [-0.2, 0) is 9.59 Å². The highest BCUT2D eigenvalue weighted by Gasteiger charge is 2.24. The second kappa shape index (κ2) is 10.7. The summed E-state index contributed by atoms with van der Waals surface area (Å²) in [5.74, 6) is -0.125. The van der Waals surface area contributed by atoms with E-state index in [1.54, 1.807) is 36.4 Å². The molecule has 2 amide bonds. The summed E-state index contributed by atoms with van der Waals surface area (Å²) < 4.78 is 24.1. The van der Waals surface area contributed by atoms with Gasteiger partial charge in [-0.25, -0.2) is 9.38 Å². The van der Waals surface area contributed by atoms with Crippen LogP contribution in [-0.4, -0.2) is 30.7 Å². The molecule has 3 aromatic rings. The van der Waals surface area contributed by atoms with Crippen LogP contribution in [0.2, 0.25) is 0 Å². The maximum atomic E-state index is 13.1. The second-order valence-electron chi connectivity index (χ2n) is 7.07. The fourth-order valence-corrected chi connectivity index (χ4v) is 3.86. The van der Waals surface area contributed by atoms with Crippen molar-refractivity contribution < 1.29 is 23.5 Å². The largest absolute Gasteiger partial charge is 0.493 e. The average Bonchev–Trinajstić information content (AvgIpc) is 3.18. The number of anilines is 1. The van der Waals surface area contributed by atoms with Crippen LogP contribution in [0.3, 0.4) is 0 Å². The lowest BCUT2D eigenvalue weighted by Crippen LogP contribution is -2.20. The first-order valence-electron chi connectivity index (χ1n) is 10.2. The summed E-state index contributed by atoms with van der Waals surface area (Å²) in [6, 6.07) is 19.9. The molecule has 1 aliphatic heterocycles. The molecule has 1 aliphatic rings. The lowest BCUT2D eigenvalue weighted by atomic mass is 10.2. The number of methoxy groups -OCH3 is 1. The Hall–Kier alpha value is -4.11. The molecule has 0 radical (unpaired) electrons. The predicted octanol–water partition coefficient (Wildman–Crippen LogP) is 4.74. The molecule has 0 aliphatic carbocycles. The molecule has 0 atom stereocenters. The molecule has 1 heterocycles. The molecule has 0 unspecified atom stereocenters. The van der Waals surface area contributed by atoms with Crippen molar-refractivity contribution in [1.82, 2.24) is 5.32 Å². The molecule has 34 heavy (non-hydrogen) atoms. The molecule has 9 heteroatoms. The second-order valence-corrected chi connectivity index (χ2v) is 8.10. The summed E-state index contributed by atoms with van der Waals surface area (Å²) in [6.07, 6.45) is 1.70. The van der Waals surface area contributed by atoms with Crippen LogP contribution in [0.25, 0.3) is 6.08 Å². The van der Waals surface area contributed by atoms with Crippen molar-refractivity contribution in [3.63, 3.8) is 0 Å². The summed E-state index contributed by atoms with van der Waals surface area (Å²) >= 11 is 1.18. The van der Waals surface area contributed by atoms with Gasteiger partial charge >= 0.3 is 0 Å². The molecule has 0 bridgehead atoms. The van der Waals surface area contributed by atoms with Crippen LogP contribution in [0.1, 0.15) is 5.56 Å². The number of benzene rings is 3. The number of nitrogens with zero attached hydrogens (tertiary/aromatic N) is 1. The zero-order chi connectivity index (χ0) is 23.9. The Morgan fingerprint density at radius 3 is 2.59 bits per heavy atom. The number of amides is 2. The third-order valence-corrected chi connectivity index (χ3v) is 5.52. The zero-order valence-corrected chi connectivity index (χ0v) is 18.9. The zero-order valence-electron chi connectivity index (χ0n) is 18.1. The van der Waals surface area contributed by atoms with Crippen LogP contribution >= 0.6 is 11.8 Å². The van der Waals surface area contributed by atoms with Gasteiger partial charge in [0.1, 0.15) is 5.82 Å². The Balaban J connectivity index is 1.42. The van der Waals surface area contributed by atoms with Crippen LogP contribution < -0.4 is 20.1 Å². The van der Waals surface area contributed by atoms with E-state index in [2.05, 4.69) is 15.6 Å². The van der Waals surface area contributed by atoms with Crippen LogP contribution in [0, 0.1) is 5.82 Å². The van der Waals surface area contributed by atoms with Crippen molar-refractivity contribution in [2.24, 2.45) is 4.99 Å². The summed E-state index contributed by atoms with van der Waals surface area (Å²) in [5, 5.41) is 5.84. The number of thioether (sulfide) groups is 1. The Bertz CT molecular complexity index is 1260. The first-order chi connectivity index (χ1) is 16.5. The fraction of sp³-hybridized carbons (Fsp3) is 0.0800. The minimum absolute atomic E-state index is 0.187. The molecule has 3 aromatic carbocycles. The van der Waals surface area contributed by atoms with Gasteiger partial charge in [-0.2, -0.15) is 0 Å². The topological polar surface area (TPSA) is 89.0 Å². The highest BCUT2D eigenvalue weighted by Crippen LogP contribution is 2.32. The van der Waals surface area contributed by atoms with Gasteiger partial charge in [-0.1, -0.05) is 24.3 Å². The molecule has 0 aromatic heterocycles. The number of halogens is 1. The standard InChI is InChI=1S/C25H20FN3O4S/c1-32-21-13-16(7-12-20(21)33-15-23(30)27-18-5-3-2-4-6-18)14-22-24(31)29-25(34-22)28-19-10-8-17(26)9-11-19/h2-14H,15H2,1H3,(H,27,30)(H,28,29,31)/b22-14+. The molecule has 0 saturated carbocycles. The van der Waals surface area contributed by atoms with Gasteiger partial charge in [0.2, 0.25) is 0 Å². The summed E-state index contributed by atoms with van der Waals surface area (Å²) in [5.41, 5.74) is 1.92. The van der Waals surface area contributed by atoms with E-state index in [-0.39, 0.29) is 24.2 Å². The highest BCUT2D eigenvalue weighted by atomic mass is 32.2. The van der Waals surface area contributed by atoms with Crippen molar-refractivity contribution in [3.8, 4) is 11.5 Å². The molecule has 172 valence electrons. The van der Waals surface area contributed by atoms with E-state index in [9.17, 15) is 14.0 Å². The van der Waals surface area contributed by atoms with Gasteiger partial charge in [-0.05, 0) is 71.9 Å². The number of rotatable bonds is 7. The Labute approximate surface area is 199 Å². The molecular formula is C25H20FN3O4S. The highest BCUT2D eigenvalue weighted by molar-refractivity contribution is 8.18. The van der Waals surface area contributed by atoms with Crippen molar-refractivity contribution in [2.45, 2.75) is 0 Å². The maximum absolute atomic E-state index is 13.1. The minimum atomic E-state index is -0.356. The maximum Gasteiger partial charge on any atom is 0.264 e. The smallest absolute Gasteiger partial charge is 0.264 e. The number of ether oxygens (including phenoxy) is 2. The fourth-order valence-electron chi connectivity index (χ4n) is 3.02. The van der Waals surface area contributed by atoms with E-state index < -0.39 is 0 Å². The number of carbonyl (C=O) groups is 2. The number of amidine groups is 1. The van der Waals surface area contributed by atoms with Crippen molar-refractivity contribution in [2.75, 3.05) is 19.0 Å². The molecule has 0 spiro atoms. The summed E-state index contributed by atoms with van der Waals surface area (Å²) in [7, 11) is 1.49. The lowest BCUT2D eigenvalue weighted by molar-refractivity contribution is -0.118. The predicted molar refractivity (Wildman–Crippen MR) is 131 cm³/mol. The van der Waals surface area contributed by atoms with E-state index in [4.69, 9.17) is 9.47 Å². The van der Waals surface area contributed by atoms with Gasteiger partial charge in [0.05, 0.1) is 17.7 Å². The van der Waals surface area contributed by atoms with Crippen molar-refractivity contribution >= 4 is 46.2 Å². The van der Waals surface area contributed by atoms with E-state index >= 15 is 0 Å². The van der Waals surface area contributed by atoms with Crippen LogP contribution in [0.15, 0.2) is 82.7 Å². The molecule has 4 rings (SSSR count). The van der Waals surface area contributed by atoms with Gasteiger partial charge in [0, 0.05) is 5.69 Å². The molecule has 2 N–H and O–H groups in total. The van der Waals surface area contributed by atoms with Gasteiger partial charge in [-0.15, -0.1) is 0 Å². The number of para-hydroxylation sites is 1. The summed E-state index contributed by atoms with van der Waals surface area (Å²) in [6.45, 7) is -0.187. The number of carbonyl (C=O) groups excluding carboxylic acids is 2. The number of hydrogen-bond acceptors (Lipinski definition) is 6. The third-order valence-electron chi connectivity index (χ3n) is 4.61. The monoisotopic (exact) mass is 477 g/mol. The number of hydrogen-bond donors (Lipinski definition) is 2. The van der Waals surface area contributed by atoms with Gasteiger partial charge in [0.25, 0.3) is 11.8 Å². The SMILES string of the molecule is COc1cc(/C=C2/SC(=Nc3ccc(F)cc3)NC2=O)ccc1OCC(=O)Nc1ccccc1. The molecular weight excluding hydrogens is 457 g/mol. The van der Waals surface area contributed by atoms with Gasteiger partial charge in [-0.3, -0.25) is 9.59 Å². The van der Waals surface area contributed by atoms with Crippen molar-refractivity contribution in [3.05, 3.63) is 89.1 Å². The van der Waals surface area contributed by atoms with Crippen molar-refractivity contribution in [1.29, 1.82) is 0 Å². The number of nitrogens with one attached hydrogen (secondary N) is 2. The van der Waals surface area contributed by atoms with E-state index in [0.29, 0.717) is 38.5 Å². The van der Waals surface area contributed by atoms with Crippen LogP contribution in [0.4, 0.5) is 15.8 Å². The van der Waals surface area contributed by atoms with Gasteiger partial charge < -0.3 is 20.1 Å². The first kappa shape index (κ1) is 23.1. The van der Waals surface area contributed by atoms with E-state index in [0.717, 1.165) is 0 Å². The molecule has 1 fully saturated rings. The normalized spacial score (nSPS) is 15.3. The Kier molecular flexibility index (Phi) is 7.24. The molecule has 1 saturated heterocycles. The van der Waals surface area contributed by atoms with E-state index in [1.807, 2.05) is 18.2 Å². The van der Waals surface area contributed by atoms with E-state index in [1.165, 1.54) is 43.1 Å². The average molecular weight is 478 g/mol. The molecule has 7 nitrogen and oxygen atoms in total. The first-order valence-corrected chi connectivity index (χ1v) is 11.0. The minimum Gasteiger partial charge on any atom is -0.493 e. The quantitative estimate of drug-likeness (QED) is 0.480. The number of aliphatic imine (C=N–C) groups is 1. The van der Waals surface area contributed by atoms with Crippen LogP contribution in [0.5, 0.6) is 11.5 Å². The Morgan fingerprint density at radius 1 is 1.09 bits per heavy atom. The third kappa shape index (κ3) is 6.02. The lowest BCUT2D eigenvalue weighted by Gasteiger charge is -2.11. The Morgan fingerprint density at radius 2 is 1.85 bits per heavy atom. The van der Waals surface area contributed by atoms with Gasteiger partial charge in [0.15, 0.2) is 23.3 Å².